The fraction of sp³-hybridized carbons (Fsp3) is 0. The van der Waals surface area contributed by atoms with Crippen LogP contribution in [0.2, 0.25) is 0 Å². The molecule has 0 amide bonds. The van der Waals surface area contributed by atoms with Crippen molar-refractivity contribution in [2.75, 3.05) is 4.90 Å². The Morgan fingerprint density at radius 1 is 0.340 bits per heavy atom. The molecular formula is C46H33N. The Bertz CT molecular complexity index is 2680. The normalized spacial score (nSPS) is 13.4. The van der Waals surface area contributed by atoms with Gasteiger partial charge in [-0.05, 0) is 80.0 Å². The number of para-hydroxylation sites is 1. The van der Waals surface area contributed by atoms with E-state index >= 15 is 0 Å². The molecule has 8 aromatic rings. The largest absolute Gasteiger partial charge is 0.310 e. The summed E-state index contributed by atoms with van der Waals surface area (Å²) in [7, 11) is 0. The first-order chi connectivity index (χ1) is 26.7. The Balaban J connectivity index is 1.47. The van der Waals surface area contributed by atoms with E-state index in [9.17, 15) is 11.0 Å². The number of fused-ring (bicyclic) bond motifs is 1. The zero-order valence-electron chi connectivity index (χ0n) is 33.4. The van der Waals surface area contributed by atoms with Gasteiger partial charge in [-0.25, -0.2) is 0 Å². The molecule has 0 radical (unpaired) electrons. The predicted molar refractivity (Wildman–Crippen MR) is 200 cm³/mol. The molecule has 0 N–H and O–H groups in total. The molecule has 8 aromatic carbocycles. The Kier molecular flexibility index (Phi) is 5.60. The number of anilines is 3. The molecule has 1 heteroatoms. The van der Waals surface area contributed by atoms with Crippen molar-refractivity contribution in [2.24, 2.45) is 0 Å². The molecule has 0 spiro atoms. The lowest BCUT2D eigenvalue weighted by Crippen LogP contribution is -2.11. The second kappa shape index (κ2) is 12.7. The molecule has 0 atom stereocenters. The van der Waals surface area contributed by atoms with Gasteiger partial charge in [0.2, 0.25) is 0 Å². The maximum Gasteiger partial charge on any atom is 0.0645 e. The summed E-state index contributed by atoms with van der Waals surface area (Å²) >= 11 is 0. The van der Waals surface area contributed by atoms with E-state index in [1.54, 1.807) is 36.4 Å². The van der Waals surface area contributed by atoms with Crippen molar-refractivity contribution in [2.45, 2.75) is 0 Å². The lowest BCUT2D eigenvalue weighted by molar-refractivity contribution is 1.28. The van der Waals surface area contributed by atoms with Crippen LogP contribution in [0.25, 0.3) is 55.3 Å². The number of nitrogens with zero attached hydrogens (tertiary/aromatic N) is 1. The molecular weight excluding hydrogens is 567 g/mol. The van der Waals surface area contributed by atoms with Gasteiger partial charge in [0.25, 0.3) is 0 Å². The maximum absolute atomic E-state index is 9.69. The van der Waals surface area contributed by atoms with Crippen LogP contribution < -0.4 is 4.90 Å². The van der Waals surface area contributed by atoms with Gasteiger partial charge in [0, 0.05) is 16.9 Å². The molecule has 0 heterocycles. The van der Waals surface area contributed by atoms with Crippen molar-refractivity contribution in [1.82, 2.24) is 0 Å². The van der Waals surface area contributed by atoms with E-state index in [0.717, 1.165) is 27.5 Å². The summed E-state index contributed by atoms with van der Waals surface area (Å²) in [6.45, 7) is 0. The van der Waals surface area contributed by atoms with Crippen LogP contribution in [0.4, 0.5) is 17.1 Å². The molecule has 0 saturated heterocycles. The second-order valence-electron chi connectivity index (χ2n) is 11.1. The zero-order chi connectivity index (χ0) is 38.4. The average Bonchev–Trinajstić information content (AvgIpc) is 3.23. The van der Waals surface area contributed by atoms with E-state index in [-0.39, 0.29) is 58.8 Å². The summed E-state index contributed by atoms with van der Waals surface area (Å²) in [6.07, 6.45) is 0. The maximum atomic E-state index is 9.69. The van der Waals surface area contributed by atoms with Gasteiger partial charge in [-0.1, -0.05) is 170 Å². The van der Waals surface area contributed by atoms with Crippen LogP contribution >= 0.6 is 0 Å². The molecule has 0 saturated carbocycles. The minimum absolute atomic E-state index is 0.115. The Labute approximate surface area is 287 Å². The number of hydrogen-bond donors (Lipinski definition) is 0. The highest BCUT2D eigenvalue weighted by molar-refractivity contribution is 6.04. The average molecular weight is 608 g/mol. The summed E-state index contributed by atoms with van der Waals surface area (Å²) in [5.41, 5.74) is 4.28. The quantitative estimate of drug-likeness (QED) is 0.174. The molecule has 1 nitrogen and oxygen atoms in total. The molecule has 47 heavy (non-hydrogen) atoms. The first-order valence-electron chi connectivity index (χ1n) is 19.5. The van der Waals surface area contributed by atoms with Crippen LogP contribution in [-0.2, 0) is 0 Å². The third-order valence-electron chi connectivity index (χ3n) is 8.23. The van der Waals surface area contributed by atoms with Crippen LogP contribution in [0.5, 0.6) is 0 Å². The summed E-state index contributed by atoms with van der Waals surface area (Å²) in [6, 6.07) is 43.9. The van der Waals surface area contributed by atoms with Gasteiger partial charge in [0.1, 0.15) is 0 Å². The highest BCUT2D eigenvalue weighted by Gasteiger charge is 2.18. The van der Waals surface area contributed by atoms with Crippen molar-refractivity contribution < 1.29 is 11.0 Å². The lowest BCUT2D eigenvalue weighted by atomic mass is 9.89. The van der Waals surface area contributed by atoms with Crippen molar-refractivity contribution >= 4 is 27.8 Å². The number of hydrogen-bond acceptors (Lipinski definition) is 1. The van der Waals surface area contributed by atoms with Crippen LogP contribution in [0, 0.1) is 0 Å². The minimum atomic E-state index is -0.394. The van der Waals surface area contributed by atoms with Crippen molar-refractivity contribution in [3.63, 3.8) is 0 Å². The van der Waals surface area contributed by atoms with E-state index in [1.807, 2.05) is 115 Å². The lowest BCUT2D eigenvalue weighted by Gasteiger charge is -2.28. The fourth-order valence-corrected chi connectivity index (χ4v) is 5.99. The fourth-order valence-electron chi connectivity index (χ4n) is 5.99. The Hall–Kier alpha value is -6.18. The molecule has 0 aliphatic carbocycles. The molecule has 8 rings (SSSR count). The number of rotatable bonds is 7. The summed E-state index contributed by atoms with van der Waals surface area (Å²) < 4.78 is 75.8. The summed E-state index contributed by atoms with van der Waals surface area (Å²) in [5.74, 6) is 0. The third-order valence-corrected chi connectivity index (χ3v) is 8.23. The van der Waals surface area contributed by atoms with Gasteiger partial charge in [0.15, 0.2) is 0 Å². The first kappa shape index (κ1) is 20.8. The molecule has 0 aromatic heterocycles. The summed E-state index contributed by atoms with van der Waals surface area (Å²) in [5, 5.41) is 1.64. The molecule has 0 fully saturated rings. The van der Waals surface area contributed by atoms with Gasteiger partial charge in [0.05, 0.1) is 16.7 Å². The predicted octanol–water partition coefficient (Wildman–Crippen LogP) is 13.0. The molecule has 0 unspecified atom stereocenters. The monoisotopic (exact) mass is 607 g/mol. The van der Waals surface area contributed by atoms with Crippen LogP contribution in [0.1, 0.15) is 11.0 Å². The van der Waals surface area contributed by atoms with Crippen molar-refractivity contribution in [3.05, 3.63) is 200 Å². The standard InChI is InChI=1S/C46H33N/c1-4-14-34(15-5-1)35-24-29-40(30-25-35)47(45-23-13-12-21-42(45)36-16-6-2-7-17-36)41-31-26-39(27-32-41)46-43-22-11-10-20-38(43)28-33-44(46)37-18-8-3-9-19-37/h1-33H/i24D,25D,26D,27D,29D,30D,31D,32D. The van der Waals surface area contributed by atoms with Crippen molar-refractivity contribution in [3.8, 4) is 44.5 Å². The van der Waals surface area contributed by atoms with Crippen LogP contribution in [-0.4, -0.2) is 0 Å². The highest BCUT2D eigenvalue weighted by Crippen LogP contribution is 2.43. The van der Waals surface area contributed by atoms with Gasteiger partial charge in [-0.2, -0.15) is 0 Å². The van der Waals surface area contributed by atoms with Crippen molar-refractivity contribution in [1.29, 1.82) is 0 Å². The van der Waals surface area contributed by atoms with Gasteiger partial charge in [-0.3, -0.25) is 0 Å². The molecule has 0 aliphatic rings. The van der Waals surface area contributed by atoms with E-state index < -0.39 is 12.1 Å². The topological polar surface area (TPSA) is 3.24 Å². The van der Waals surface area contributed by atoms with Crippen LogP contribution in [0.15, 0.2) is 200 Å². The highest BCUT2D eigenvalue weighted by atomic mass is 15.1. The Morgan fingerprint density at radius 3 is 1.47 bits per heavy atom. The van der Waals surface area contributed by atoms with Gasteiger partial charge >= 0.3 is 0 Å². The zero-order valence-corrected chi connectivity index (χ0v) is 25.4. The SMILES string of the molecule is [2H]c1c([2H])c(N(c2ccccc2-c2ccccc2)c2c([2H])c([2H])c(-c3c(-c4ccccc4)ccc4ccccc34)c([2H])c2[2H])c([2H])c([2H])c1-c1ccccc1. The Morgan fingerprint density at radius 2 is 0.830 bits per heavy atom. The molecule has 0 aliphatic heterocycles. The van der Waals surface area contributed by atoms with E-state index in [4.69, 9.17) is 0 Å². The van der Waals surface area contributed by atoms with Gasteiger partial charge in [-0.15, -0.1) is 0 Å². The third kappa shape index (κ3) is 5.60. The minimum Gasteiger partial charge on any atom is -0.310 e. The molecule has 222 valence electrons. The first-order valence-corrected chi connectivity index (χ1v) is 15.5. The van der Waals surface area contributed by atoms with Crippen LogP contribution in [0.3, 0.4) is 0 Å². The van der Waals surface area contributed by atoms with E-state index in [1.165, 1.54) is 4.90 Å². The number of benzene rings is 8. The van der Waals surface area contributed by atoms with E-state index in [0.29, 0.717) is 22.4 Å². The second-order valence-corrected chi connectivity index (χ2v) is 11.1. The van der Waals surface area contributed by atoms with E-state index in [2.05, 4.69) is 0 Å². The smallest absolute Gasteiger partial charge is 0.0645 e. The molecule has 0 bridgehead atoms. The van der Waals surface area contributed by atoms with Gasteiger partial charge < -0.3 is 4.90 Å². The summed E-state index contributed by atoms with van der Waals surface area (Å²) in [4.78, 5) is 1.38.